The van der Waals surface area contributed by atoms with Crippen molar-refractivity contribution >= 4 is 51.6 Å². The van der Waals surface area contributed by atoms with Crippen molar-refractivity contribution in [1.82, 2.24) is 0 Å². The van der Waals surface area contributed by atoms with Gasteiger partial charge in [-0.1, -0.05) is 89.5 Å². The average Bonchev–Trinajstić information content (AvgIpc) is 3.61. The van der Waals surface area contributed by atoms with Crippen LogP contribution in [0.5, 0.6) is 0 Å². The molecule has 0 aliphatic carbocycles. The first kappa shape index (κ1) is 69.6. The quantitative estimate of drug-likeness (QED) is 0.0313. The maximum absolute atomic E-state index is 12.3. The van der Waals surface area contributed by atoms with Crippen molar-refractivity contribution in [3.63, 3.8) is 0 Å². The fraction of sp³-hybridized carbons (Fsp3) is 0.615. The van der Waals surface area contributed by atoms with Gasteiger partial charge in [0, 0.05) is 48.2 Å². The van der Waals surface area contributed by atoms with Crippen molar-refractivity contribution in [2.75, 3.05) is 82.3 Å². The number of esters is 2. The predicted molar refractivity (Wildman–Crippen MR) is 266 cm³/mol. The zero-order chi connectivity index (χ0) is 51.1. The Bertz CT molecular complexity index is 1940. The van der Waals surface area contributed by atoms with E-state index in [0.29, 0.717) is 59.6 Å². The van der Waals surface area contributed by atoms with Crippen LogP contribution in [-0.2, 0) is 42.9 Å². The van der Waals surface area contributed by atoms with E-state index in [-0.39, 0.29) is 118 Å². The van der Waals surface area contributed by atoms with Gasteiger partial charge in [-0.15, -0.1) is 11.3 Å². The molecule has 2 rings (SSSR count). The number of rotatable bonds is 38. The third-order valence-electron chi connectivity index (χ3n) is 11.0. The number of nitrogens with two attached hydrogens (primary N) is 2. The number of carboxylic acids is 2. The fourth-order valence-electron chi connectivity index (χ4n) is 6.74. The van der Waals surface area contributed by atoms with Gasteiger partial charge in [-0.3, -0.25) is 9.59 Å². The molecule has 1 heterocycles. The first-order valence-electron chi connectivity index (χ1n) is 24.4. The molecule has 2 unspecified atom stereocenters. The van der Waals surface area contributed by atoms with E-state index >= 15 is 0 Å². The summed E-state index contributed by atoms with van der Waals surface area (Å²) in [6.07, 6.45) is 21.0. The maximum atomic E-state index is 12.3. The summed E-state index contributed by atoms with van der Waals surface area (Å²) in [5.74, 6) is -5.60. The predicted octanol–water partition coefficient (Wildman–Crippen LogP) is 1.04. The van der Waals surface area contributed by atoms with Crippen molar-refractivity contribution < 1.29 is 112 Å². The number of allylic oxidation sites excluding steroid dienone is 4. The summed E-state index contributed by atoms with van der Waals surface area (Å²) >= 11 is 1.16. The zero-order valence-electron chi connectivity index (χ0n) is 43.5. The van der Waals surface area contributed by atoms with Crippen LogP contribution in [0.4, 0.5) is 16.4 Å². The van der Waals surface area contributed by atoms with Crippen LogP contribution in [0.15, 0.2) is 42.5 Å². The Balaban J connectivity index is 0. The van der Waals surface area contributed by atoms with E-state index in [1.54, 1.807) is 13.0 Å². The van der Waals surface area contributed by atoms with Gasteiger partial charge in [-0.2, -0.15) is 10.5 Å². The monoisotopic (exact) mass is 1030 g/mol. The summed E-state index contributed by atoms with van der Waals surface area (Å²) in [6.45, 7) is 10.7. The first-order valence-corrected chi connectivity index (χ1v) is 25.2. The fourth-order valence-corrected chi connectivity index (χ4v) is 7.57. The van der Waals surface area contributed by atoms with Gasteiger partial charge >= 0.3 is 71.1 Å². The second kappa shape index (κ2) is 45.2. The van der Waals surface area contributed by atoms with E-state index in [2.05, 4.69) is 18.7 Å². The molecule has 0 saturated heterocycles. The molecule has 71 heavy (non-hydrogen) atoms. The molecule has 0 radical (unpaired) electrons. The number of aryl methyl sites for hydroxylation is 1. The summed E-state index contributed by atoms with van der Waals surface area (Å²) in [4.78, 5) is 50.2. The molecule has 4 N–H and O–H groups in total. The van der Waals surface area contributed by atoms with E-state index in [1.165, 1.54) is 38.5 Å². The minimum atomic E-state index is -1.27. The number of thiophene rings is 1. The number of hydrogen-bond acceptors (Lipinski definition) is 17. The molecule has 0 spiro atoms. The van der Waals surface area contributed by atoms with Crippen molar-refractivity contribution in [2.45, 2.75) is 130 Å². The van der Waals surface area contributed by atoms with Crippen LogP contribution >= 0.6 is 11.3 Å². The molecule has 0 aliphatic heterocycles. The summed E-state index contributed by atoms with van der Waals surface area (Å²) < 4.78 is 27.4. The van der Waals surface area contributed by atoms with Crippen LogP contribution in [-0.4, -0.2) is 89.8 Å². The van der Waals surface area contributed by atoms with E-state index in [1.807, 2.05) is 55.5 Å². The third kappa shape index (κ3) is 33.8. The number of unbranched alkanes of at least 4 members (excludes halogenated alkanes) is 10. The number of nitriles is 2. The summed E-state index contributed by atoms with van der Waals surface area (Å²) in [7, 11) is 0. The number of hydrogen-bond donors (Lipinski definition) is 2. The van der Waals surface area contributed by atoms with Crippen molar-refractivity contribution in [1.29, 1.82) is 10.5 Å². The first-order chi connectivity index (χ1) is 33.3. The van der Waals surface area contributed by atoms with E-state index in [0.717, 1.165) is 61.1 Å². The van der Waals surface area contributed by atoms with Crippen LogP contribution in [0.2, 0.25) is 0 Å². The van der Waals surface area contributed by atoms with Crippen LogP contribution < -0.4 is 85.7 Å². The molecule has 19 heteroatoms. The van der Waals surface area contributed by atoms with E-state index in [9.17, 15) is 29.4 Å². The van der Waals surface area contributed by atoms with Crippen LogP contribution in [0.3, 0.4) is 0 Å². The number of anilines is 3. The molecule has 0 saturated carbocycles. The van der Waals surface area contributed by atoms with Crippen LogP contribution in [0.25, 0.3) is 0 Å². The SMILES string of the molecule is CCCCCCC/C=C/CC(CC(=O)OCCOCCOCCN(CCOCCOC(=O)CC(C/C=C/CCCCCCC)C(=O)[O-])c1ccc(N)c(C)c1)C(=O)[O-].Cc1c(C#N)sc(N)c1C#N.[Na+].[Na+]. The van der Waals surface area contributed by atoms with Gasteiger partial charge in [0.15, 0.2) is 0 Å². The third-order valence-corrected chi connectivity index (χ3v) is 12.0. The molecule has 2 atom stereocenters. The molecule has 384 valence electrons. The minimum Gasteiger partial charge on any atom is -0.550 e. The van der Waals surface area contributed by atoms with Crippen LogP contribution in [0, 0.1) is 48.3 Å². The Morgan fingerprint density at radius 1 is 0.662 bits per heavy atom. The largest absolute Gasteiger partial charge is 1.00 e. The molecular weight excluding hydrogens is 949 g/mol. The number of nitrogens with zero attached hydrogens (tertiary/aromatic N) is 3. The molecule has 16 nitrogen and oxygen atoms in total. The normalized spacial score (nSPS) is 11.6. The van der Waals surface area contributed by atoms with Gasteiger partial charge < -0.3 is 59.9 Å². The molecule has 2 aromatic rings. The number of benzene rings is 1. The smallest absolute Gasteiger partial charge is 0.550 e. The van der Waals surface area contributed by atoms with Gasteiger partial charge in [0.2, 0.25) is 0 Å². The molecule has 0 aliphatic rings. The topological polar surface area (TPSA) is 263 Å². The second-order valence-corrected chi connectivity index (χ2v) is 17.6. The Labute approximate surface area is 471 Å². The molecule has 0 fully saturated rings. The summed E-state index contributed by atoms with van der Waals surface area (Å²) in [5, 5.41) is 40.6. The van der Waals surface area contributed by atoms with Gasteiger partial charge in [0.25, 0.3) is 0 Å². The maximum Gasteiger partial charge on any atom is 1.00 e. The molecular formula is C52H77N5Na2O11S. The molecule has 1 aromatic carbocycles. The Hall–Kier alpha value is -3.46. The Kier molecular flexibility index (Phi) is 44.3. The number of carbonyl (C=O) groups is 4. The van der Waals surface area contributed by atoms with Gasteiger partial charge in [-0.05, 0) is 81.7 Å². The molecule has 1 aromatic heterocycles. The summed E-state index contributed by atoms with van der Waals surface area (Å²) in [5.41, 5.74) is 15.2. The van der Waals surface area contributed by atoms with E-state index in [4.69, 9.17) is 45.7 Å². The van der Waals surface area contributed by atoms with Crippen molar-refractivity contribution in [2.24, 2.45) is 11.8 Å². The standard InChI is InChI=1S/C45H74N2O11.C7H5N3S.2Na/c1-4-6-8-10-12-14-16-18-20-38(44(50)51)35-42(48)57-32-30-55-27-25-47(40-22-23-41(46)37(3)34-40)24-26-54-28-29-56-31-33-58-43(49)36-39(45(52)53)21-19-17-15-13-11-9-7-5-2;1-4-5(2-8)7(10)11-6(4)3-9;;/h16-19,22-23,34,38-39H,4-15,20-21,24-33,35-36,46H2,1-3H3,(H,50,51)(H,52,53);10H2,1H3;;/q;;2*+1/p-2/b18-16+,19-17+;;;. The van der Waals surface area contributed by atoms with E-state index < -0.39 is 35.7 Å². The molecule has 0 amide bonds. The Morgan fingerprint density at radius 2 is 1.11 bits per heavy atom. The van der Waals surface area contributed by atoms with Crippen LogP contribution in [0.1, 0.15) is 138 Å². The van der Waals surface area contributed by atoms with Gasteiger partial charge in [-0.25, -0.2) is 0 Å². The van der Waals surface area contributed by atoms with Crippen molar-refractivity contribution in [3.8, 4) is 12.1 Å². The minimum absolute atomic E-state index is 0. The zero-order valence-corrected chi connectivity index (χ0v) is 48.3. The van der Waals surface area contributed by atoms with Gasteiger partial charge in [0.05, 0.1) is 58.0 Å². The van der Waals surface area contributed by atoms with Crippen molar-refractivity contribution in [3.05, 3.63) is 64.1 Å². The number of ether oxygens (including phenoxy) is 5. The average molecular weight is 1030 g/mol. The summed E-state index contributed by atoms with van der Waals surface area (Å²) in [6, 6.07) is 9.69. The molecule has 0 bridgehead atoms. The number of carboxylic acid groups (broad SMARTS) is 2. The Morgan fingerprint density at radius 3 is 1.51 bits per heavy atom. The number of aliphatic carboxylic acids is 2. The number of nitrogen functional groups attached to an aromatic ring is 2. The number of carbonyl (C=O) groups excluding carboxylic acids is 4. The van der Waals surface area contributed by atoms with Gasteiger partial charge in [0.1, 0.15) is 35.2 Å². The second-order valence-electron chi connectivity index (χ2n) is 16.6.